The van der Waals surface area contributed by atoms with Crippen molar-refractivity contribution in [3.05, 3.63) is 0 Å². The van der Waals surface area contributed by atoms with Gasteiger partial charge >= 0.3 is 0 Å². The normalized spacial score (nSPS) is 37.9. The van der Waals surface area contributed by atoms with Gasteiger partial charge in [-0.05, 0) is 51.1 Å². The number of hydrogen-bond donors (Lipinski definition) is 4. The molecule has 6 N–H and O–H groups in total. The average Bonchev–Trinajstić information content (AvgIpc) is 3.33. The van der Waals surface area contributed by atoms with E-state index in [2.05, 4.69) is 25.4 Å². The molecular weight excluding hydrogens is 506 g/mol. The van der Waals surface area contributed by atoms with E-state index in [0.717, 1.165) is 19.4 Å². The zero-order valence-electron chi connectivity index (χ0n) is 23.6. The summed E-state index contributed by atoms with van der Waals surface area (Å²) in [7, 11) is 1.99. The van der Waals surface area contributed by atoms with E-state index in [4.69, 9.17) is 11.5 Å². The molecule has 0 saturated carbocycles. The monoisotopic (exact) mass is 554 g/mol. The third-order valence-electron chi connectivity index (χ3n) is 9.51. The van der Waals surface area contributed by atoms with Crippen LogP contribution in [0.25, 0.3) is 0 Å². The maximum atomic E-state index is 15.4. The van der Waals surface area contributed by atoms with Crippen molar-refractivity contribution < 1.29 is 18.4 Å². The molecule has 12 heteroatoms. The van der Waals surface area contributed by atoms with E-state index in [1.807, 2.05) is 25.8 Å². The van der Waals surface area contributed by atoms with Crippen molar-refractivity contribution in [3.8, 4) is 0 Å². The van der Waals surface area contributed by atoms with Crippen LogP contribution < -0.4 is 22.1 Å². The first kappa shape index (κ1) is 30.2. The van der Waals surface area contributed by atoms with Crippen LogP contribution in [0.1, 0.15) is 39.5 Å². The summed E-state index contributed by atoms with van der Waals surface area (Å²) in [6, 6.07) is -1.69. The number of piperidine rings is 1. The molecule has 4 aliphatic heterocycles. The van der Waals surface area contributed by atoms with Gasteiger partial charge in [0.05, 0.1) is 36.3 Å². The van der Waals surface area contributed by atoms with E-state index in [9.17, 15) is 14.0 Å². The number of likely N-dealkylation sites (tertiary alicyclic amines) is 1. The van der Waals surface area contributed by atoms with Gasteiger partial charge in [-0.25, -0.2) is 8.78 Å². The highest BCUT2D eigenvalue weighted by atomic mass is 19.1. The van der Waals surface area contributed by atoms with Crippen molar-refractivity contribution in [3.63, 3.8) is 0 Å². The molecule has 4 rings (SSSR count). The van der Waals surface area contributed by atoms with E-state index in [0.29, 0.717) is 45.6 Å². The zero-order chi connectivity index (χ0) is 28.3. The van der Waals surface area contributed by atoms with Gasteiger partial charge in [-0.1, -0.05) is 13.8 Å². The third-order valence-corrected chi connectivity index (χ3v) is 9.51. The van der Waals surface area contributed by atoms with Crippen LogP contribution in [0.2, 0.25) is 0 Å². The van der Waals surface area contributed by atoms with Crippen molar-refractivity contribution in [1.82, 2.24) is 25.3 Å². The molecule has 222 valence electrons. The summed E-state index contributed by atoms with van der Waals surface area (Å²) in [6.45, 7) is 7.72. The Balaban J connectivity index is 1.44. The van der Waals surface area contributed by atoms with Crippen LogP contribution >= 0.6 is 0 Å². The Kier molecular flexibility index (Phi) is 10.3. The first-order valence-corrected chi connectivity index (χ1v) is 14.6. The highest BCUT2D eigenvalue weighted by molar-refractivity contribution is 5.82. The summed E-state index contributed by atoms with van der Waals surface area (Å²) < 4.78 is 29.6. The van der Waals surface area contributed by atoms with Gasteiger partial charge in [0.1, 0.15) is 12.3 Å². The number of aliphatic imine (C=N–C) groups is 1. The Morgan fingerprint density at radius 2 is 1.77 bits per heavy atom. The van der Waals surface area contributed by atoms with Gasteiger partial charge < -0.3 is 27.0 Å². The van der Waals surface area contributed by atoms with Gasteiger partial charge in [-0.3, -0.25) is 24.4 Å². The minimum atomic E-state index is -1.19. The van der Waals surface area contributed by atoms with Crippen LogP contribution in [-0.4, -0.2) is 128 Å². The van der Waals surface area contributed by atoms with Crippen LogP contribution in [-0.2, 0) is 9.59 Å². The van der Waals surface area contributed by atoms with E-state index in [-0.39, 0.29) is 36.2 Å². The first-order chi connectivity index (χ1) is 18.6. The lowest BCUT2D eigenvalue weighted by Crippen LogP contribution is -2.68. The zero-order valence-corrected chi connectivity index (χ0v) is 23.6. The molecule has 0 bridgehead atoms. The summed E-state index contributed by atoms with van der Waals surface area (Å²) in [6.07, 6.45) is 0.907. The van der Waals surface area contributed by atoms with E-state index >= 15 is 4.39 Å². The first-order valence-electron chi connectivity index (χ1n) is 14.6. The van der Waals surface area contributed by atoms with Crippen LogP contribution in [0.4, 0.5) is 8.78 Å². The van der Waals surface area contributed by atoms with Gasteiger partial charge in [0.25, 0.3) is 0 Å². The molecule has 2 amide bonds. The Morgan fingerprint density at radius 1 is 1.05 bits per heavy atom. The molecule has 0 aromatic rings. The molecule has 3 fully saturated rings. The molecule has 0 spiro atoms. The molecular formula is C27H48F2N8O2. The van der Waals surface area contributed by atoms with Crippen molar-refractivity contribution in [2.75, 3.05) is 52.9 Å². The highest BCUT2D eigenvalue weighted by Gasteiger charge is 2.44. The minimum Gasteiger partial charge on any atom is -0.350 e. The number of likely N-dealkylation sites (N-methyl/N-ethyl adjacent to an activating group) is 1. The second-order valence-electron chi connectivity index (χ2n) is 12.1. The van der Waals surface area contributed by atoms with Crippen molar-refractivity contribution in [1.29, 1.82) is 0 Å². The van der Waals surface area contributed by atoms with Crippen molar-refractivity contribution in [2.45, 2.75) is 82.2 Å². The van der Waals surface area contributed by atoms with Crippen LogP contribution in [0, 0.1) is 17.8 Å². The minimum absolute atomic E-state index is 0.0298. The summed E-state index contributed by atoms with van der Waals surface area (Å²) in [5.74, 6) is -0.992. The second-order valence-corrected chi connectivity index (χ2v) is 12.1. The number of carbonyl (C=O) groups is 2. The Hall–Kier alpha value is -1.73. The summed E-state index contributed by atoms with van der Waals surface area (Å²) >= 11 is 0. The van der Waals surface area contributed by atoms with Crippen LogP contribution in [0.3, 0.4) is 0 Å². The fourth-order valence-corrected chi connectivity index (χ4v) is 6.84. The lowest BCUT2D eigenvalue weighted by Gasteiger charge is -2.46. The number of halogens is 2. The predicted octanol–water partition coefficient (Wildman–Crippen LogP) is -0.277. The van der Waals surface area contributed by atoms with Crippen molar-refractivity contribution >= 4 is 18.0 Å². The number of piperazine rings is 1. The van der Waals surface area contributed by atoms with Gasteiger partial charge in [0, 0.05) is 45.5 Å². The van der Waals surface area contributed by atoms with Gasteiger partial charge in [0.2, 0.25) is 11.8 Å². The maximum absolute atomic E-state index is 15.4. The molecule has 39 heavy (non-hydrogen) atoms. The molecule has 9 atom stereocenters. The van der Waals surface area contributed by atoms with Gasteiger partial charge in [-0.15, -0.1) is 0 Å². The largest absolute Gasteiger partial charge is 0.350 e. The highest BCUT2D eigenvalue weighted by Crippen LogP contribution is 2.31. The van der Waals surface area contributed by atoms with Crippen molar-refractivity contribution in [2.24, 2.45) is 34.2 Å². The van der Waals surface area contributed by atoms with Gasteiger partial charge in [0.15, 0.2) is 0 Å². The number of nitrogens with two attached hydrogens (primary N) is 2. The average molecular weight is 555 g/mol. The second kappa shape index (κ2) is 13.3. The Labute approximate surface area is 231 Å². The standard InChI is InChI=1S/C27H48F2N8O2/c1-16-6-7-18(28)13-33-23(17(16)2)22(25(30)31)26(38)34-20-15-32-14-19(29)24(20)36-9-11-37(12-10-36)27(39)21-5-4-8-35(21)3/h13,16-25,32H,4-12,14-15,30-31H2,1-3H3,(H,34,38)/t16?,17?,18?,19?,20?,21-,22?,23?,24?/m0/s1. The smallest absolute Gasteiger partial charge is 0.240 e. The summed E-state index contributed by atoms with van der Waals surface area (Å²) in [4.78, 5) is 37.2. The molecule has 8 unspecified atom stereocenters. The number of nitrogens with one attached hydrogen (secondary N) is 2. The number of nitrogens with zero attached hydrogens (tertiary/aromatic N) is 4. The lowest BCUT2D eigenvalue weighted by atomic mass is 9.77. The summed E-state index contributed by atoms with van der Waals surface area (Å²) in [5, 5.41) is 6.13. The fraction of sp³-hybridized carbons (Fsp3) is 0.889. The SMILES string of the molecule is CC1CCC(F)C=NC(C(C(=O)NC2CNCC(F)C2N2CCN(C(=O)[C@@H]3CCCN3C)CC2)C(N)N)C1C. The Morgan fingerprint density at radius 3 is 2.41 bits per heavy atom. The molecule has 0 radical (unpaired) electrons. The molecule has 10 nitrogen and oxygen atoms in total. The predicted molar refractivity (Wildman–Crippen MR) is 148 cm³/mol. The topological polar surface area (TPSA) is 132 Å². The number of rotatable bonds is 6. The number of amides is 2. The molecule has 0 aliphatic carbocycles. The van der Waals surface area contributed by atoms with E-state index < -0.39 is 42.6 Å². The number of alkyl halides is 2. The van der Waals surface area contributed by atoms with E-state index in [1.165, 1.54) is 6.21 Å². The van der Waals surface area contributed by atoms with Crippen LogP contribution in [0.15, 0.2) is 4.99 Å². The van der Waals surface area contributed by atoms with E-state index in [1.54, 1.807) is 0 Å². The molecule has 4 heterocycles. The maximum Gasteiger partial charge on any atom is 0.240 e. The lowest BCUT2D eigenvalue weighted by molar-refractivity contribution is -0.138. The van der Waals surface area contributed by atoms with Gasteiger partial charge in [-0.2, -0.15) is 0 Å². The molecule has 4 aliphatic rings. The Bertz CT molecular complexity index is 871. The number of hydrogen-bond acceptors (Lipinski definition) is 8. The van der Waals surface area contributed by atoms with Crippen LogP contribution in [0.5, 0.6) is 0 Å². The summed E-state index contributed by atoms with van der Waals surface area (Å²) in [5.41, 5.74) is 12.2. The number of carbonyl (C=O) groups excluding carboxylic acids is 2. The fourth-order valence-electron chi connectivity index (χ4n) is 6.84. The molecule has 0 aromatic heterocycles. The third kappa shape index (κ3) is 6.95. The molecule has 3 saturated heterocycles. The quantitative estimate of drug-likeness (QED) is 0.332. The molecule has 0 aromatic carbocycles.